The molecule has 23 heavy (non-hydrogen) atoms. The highest BCUT2D eigenvalue weighted by Gasteiger charge is 2.26. The molecule has 1 aromatic carbocycles. The molecule has 0 bridgehead atoms. The van der Waals surface area contributed by atoms with Crippen molar-refractivity contribution in [2.75, 3.05) is 34.3 Å². The van der Waals surface area contributed by atoms with Crippen molar-refractivity contribution in [3.63, 3.8) is 0 Å². The topological polar surface area (TPSA) is 42.0 Å². The average molecular weight is 320 g/mol. The van der Waals surface area contributed by atoms with Gasteiger partial charge in [0.2, 0.25) is 0 Å². The van der Waals surface area contributed by atoms with Crippen LogP contribution in [0.2, 0.25) is 0 Å². The Balaban J connectivity index is 2.20. The summed E-state index contributed by atoms with van der Waals surface area (Å²) in [7, 11) is 5.62. The van der Waals surface area contributed by atoms with Crippen LogP contribution in [0.5, 0.6) is 11.5 Å². The van der Waals surface area contributed by atoms with Crippen molar-refractivity contribution >= 4 is 5.91 Å². The van der Waals surface area contributed by atoms with Crippen molar-refractivity contribution in [3.05, 3.63) is 23.8 Å². The van der Waals surface area contributed by atoms with E-state index < -0.39 is 0 Å². The summed E-state index contributed by atoms with van der Waals surface area (Å²) >= 11 is 0. The Morgan fingerprint density at radius 1 is 1.30 bits per heavy atom. The number of hydrogen-bond acceptors (Lipinski definition) is 4. The van der Waals surface area contributed by atoms with E-state index in [1.807, 2.05) is 31.9 Å². The molecule has 0 spiro atoms. The molecule has 1 amide bonds. The fourth-order valence-corrected chi connectivity index (χ4v) is 2.90. The quantitative estimate of drug-likeness (QED) is 0.836. The van der Waals surface area contributed by atoms with Crippen LogP contribution in [-0.2, 0) is 0 Å². The Morgan fingerprint density at radius 3 is 2.52 bits per heavy atom. The Bertz CT molecular complexity index is 537. The summed E-state index contributed by atoms with van der Waals surface area (Å²) in [5.74, 6) is 1.29. The van der Waals surface area contributed by atoms with E-state index in [9.17, 15) is 4.79 Å². The van der Waals surface area contributed by atoms with Gasteiger partial charge in [-0.2, -0.15) is 0 Å². The van der Waals surface area contributed by atoms with E-state index in [4.69, 9.17) is 9.47 Å². The molecule has 0 unspecified atom stereocenters. The maximum Gasteiger partial charge on any atom is 0.257 e. The number of nitrogens with zero attached hydrogens (tertiary/aromatic N) is 2. The van der Waals surface area contributed by atoms with Crippen molar-refractivity contribution in [3.8, 4) is 11.5 Å². The molecular weight excluding hydrogens is 292 g/mol. The minimum absolute atomic E-state index is 0.00212. The third-order valence-corrected chi connectivity index (χ3v) is 4.34. The highest BCUT2D eigenvalue weighted by molar-refractivity contribution is 5.97. The van der Waals surface area contributed by atoms with Gasteiger partial charge in [-0.25, -0.2) is 0 Å². The molecule has 0 radical (unpaired) electrons. The van der Waals surface area contributed by atoms with Crippen LogP contribution in [0.4, 0.5) is 0 Å². The van der Waals surface area contributed by atoms with E-state index in [0.29, 0.717) is 17.1 Å². The molecule has 5 heteroatoms. The highest BCUT2D eigenvalue weighted by Crippen LogP contribution is 2.28. The summed E-state index contributed by atoms with van der Waals surface area (Å²) in [5, 5.41) is 0. The van der Waals surface area contributed by atoms with Crippen LogP contribution in [0.3, 0.4) is 0 Å². The zero-order valence-corrected chi connectivity index (χ0v) is 14.8. The van der Waals surface area contributed by atoms with E-state index in [1.54, 1.807) is 19.2 Å². The molecule has 1 heterocycles. The molecule has 0 aromatic heterocycles. The van der Waals surface area contributed by atoms with Crippen LogP contribution >= 0.6 is 0 Å². The van der Waals surface area contributed by atoms with Crippen molar-refractivity contribution in [1.82, 2.24) is 9.80 Å². The van der Waals surface area contributed by atoms with Crippen molar-refractivity contribution in [1.29, 1.82) is 0 Å². The van der Waals surface area contributed by atoms with Crippen LogP contribution < -0.4 is 9.47 Å². The molecule has 5 nitrogen and oxygen atoms in total. The van der Waals surface area contributed by atoms with Gasteiger partial charge in [0.25, 0.3) is 5.91 Å². The van der Waals surface area contributed by atoms with Gasteiger partial charge in [-0.1, -0.05) is 0 Å². The lowest BCUT2D eigenvalue weighted by Gasteiger charge is -2.35. The van der Waals surface area contributed by atoms with Crippen LogP contribution in [-0.4, -0.2) is 62.1 Å². The summed E-state index contributed by atoms with van der Waals surface area (Å²) < 4.78 is 11.1. The SMILES string of the molecule is COc1ccc(C(=O)N(C)C2CCN(C)CC2)c(OC(C)C)c1. The van der Waals surface area contributed by atoms with Gasteiger partial charge in [0.15, 0.2) is 0 Å². The van der Waals surface area contributed by atoms with E-state index in [2.05, 4.69) is 11.9 Å². The first-order chi connectivity index (χ1) is 10.9. The van der Waals surface area contributed by atoms with E-state index in [-0.39, 0.29) is 18.1 Å². The minimum Gasteiger partial charge on any atom is -0.497 e. The lowest BCUT2D eigenvalue weighted by Crippen LogP contribution is -2.44. The summed E-state index contributed by atoms with van der Waals surface area (Å²) in [4.78, 5) is 17.1. The number of carbonyl (C=O) groups is 1. The zero-order valence-electron chi connectivity index (χ0n) is 14.8. The molecule has 0 saturated carbocycles. The van der Waals surface area contributed by atoms with Crippen LogP contribution in [0.15, 0.2) is 18.2 Å². The van der Waals surface area contributed by atoms with Gasteiger partial charge in [0, 0.05) is 19.2 Å². The zero-order chi connectivity index (χ0) is 17.0. The number of methoxy groups -OCH3 is 1. The first-order valence-electron chi connectivity index (χ1n) is 8.22. The standard InChI is InChI=1S/C18H28N2O3/c1-13(2)23-17-12-15(22-5)6-7-16(17)18(21)20(4)14-8-10-19(3)11-9-14/h6-7,12-14H,8-11H2,1-5H3. The molecule has 0 atom stereocenters. The molecule has 1 fully saturated rings. The Morgan fingerprint density at radius 2 is 1.96 bits per heavy atom. The number of hydrogen-bond donors (Lipinski definition) is 0. The smallest absolute Gasteiger partial charge is 0.257 e. The molecule has 128 valence electrons. The molecule has 1 aliphatic rings. The van der Waals surface area contributed by atoms with Crippen molar-refractivity contribution in [2.45, 2.75) is 38.8 Å². The van der Waals surface area contributed by atoms with Crippen molar-refractivity contribution < 1.29 is 14.3 Å². The predicted octanol–water partition coefficient (Wildman–Crippen LogP) is 2.65. The summed E-state index contributed by atoms with van der Waals surface area (Å²) in [6.07, 6.45) is 2.02. The maximum atomic E-state index is 12.9. The number of piperidine rings is 1. The number of carbonyl (C=O) groups excluding carboxylic acids is 1. The average Bonchev–Trinajstić information content (AvgIpc) is 2.53. The predicted molar refractivity (Wildman–Crippen MR) is 91.4 cm³/mol. The van der Waals surface area contributed by atoms with Gasteiger partial charge >= 0.3 is 0 Å². The number of likely N-dealkylation sites (tertiary alicyclic amines) is 1. The number of amides is 1. The van der Waals surface area contributed by atoms with Gasteiger partial charge in [-0.3, -0.25) is 4.79 Å². The first-order valence-corrected chi connectivity index (χ1v) is 8.22. The summed E-state index contributed by atoms with van der Waals surface area (Å²) in [6.45, 7) is 5.96. The molecule has 1 aliphatic heterocycles. The van der Waals surface area contributed by atoms with E-state index in [0.717, 1.165) is 25.9 Å². The van der Waals surface area contributed by atoms with Gasteiger partial charge in [-0.05, 0) is 59.0 Å². The molecule has 2 rings (SSSR count). The number of benzene rings is 1. The van der Waals surface area contributed by atoms with E-state index >= 15 is 0 Å². The third kappa shape index (κ3) is 4.38. The monoisotopic (exact) mass is 320 g/mol. The molecular formula is C18H28N2O3. The van der Waals surface area contributed by atoms with Gasteiger partial charge in [-0.15, -0.1) is 0 Å². The van der Waals surface area contributed by atoms with Gasteiger partial charge < -0.3 is 19.3 Å². The number of rotatable bonds is 5. The first kappa shape index (κ1) is 17.6. The normalized spacial score (nSPS) is 16.4. The lowest BCUT2D eigenvalue weighted by atomic mass is 10.0. The third-order valence-electron chi connectivity index (χ3n) is 4.34. The van der Waals surface area contributed by atoms with Crippen LogP contribution in [0.25, 0.3) is 0 Å². The highest BCUT2D eigenvalue weighted by atomic mass is 16.5. The molecule has 1 aromatic rings. The lowest BCUT2D eigenvalue weighted by molar-refractivity contribution is 0.0653. The summed E-state index contributed by atoms with van der Waals surface area (Å²) in [5.41, 5.74) is 0.598. The second-order valence-electron chi connectivity index (χ2n) is 6.48. The van der Waals surface area contributed by atoms with Crippen LogP contribution in [0, 0.1) is 0 Å². The molecule has 0 aliphatic carbocycles. The van der Waals surface area contributed by atoms with Gasteiger partial charge in [0.05, 0.1) is 18.8 Å². The second kappa shape index (κ2) is 7.68. The Hall–Kier alpha value is -1.75. The summed E-state index contributed by atoms with van der Waals surface area (Å²) in [6, 6.07) is 5.68. The fraction of sp³-hybridized carbons (Fsp3) is 0.611. The van der Waals surface area contributed by atoms with E-state index in [1.165, 1.54) is 0 Å². The second-order valence-corrected chi connectivity index (χ2v) is 6.48. The fourth-order valence-electron chi connectivity index (χ4n) is 2.90. The van der Waals surface area contributed by atoms with Crippen molar-refractivity contribution in [2.24, 2.45) is 0 Å². The van der Waals surface area contributed by atoms with Crippen LogP contribution in [0.1, 0.15) is 37.0 Å². The Kier molecular flexibility index (Phi) is 5.88. The maximum absolute atomic E-state index is 12.9. The van der Waals surface area contributed by atoms with Gasteiger partial charge in [0.1, 0.15) is 11.5 Å². The largest absolute Gasteiger partial charge is 0.497 e. The Labute approximate surface area is 139 Å². The molecule has 0 N–H and O–H groups in total. The minimum atomic E-state index is 0.00212. The molecule has 1 saturated heterocycles. The number of ether oxygens (including phenoxy) is 2.